The summed E-state index contributed by atoms with van der Waals surface area (Å²) in [5.41, 5.74) is 4.41. The van der Waals surface area contributed by atoms with E-state index < -0.39 is 0 Å². The number of aromatic nitrogens is 1. The summed E-state index contributed by atoms with van der Waals surface area (Å²) in [5, 5.41) is 5.70. The van der Waals surface area contributed by atoms with Crippen molar-refractivity contribution in [3.63, 3.8) is 0 Å². The van der Waals surface area contributed by atoms with Crippen molar-refractivity contribution in [2.24, 2.45) is 0 Å². The molecule has 1 fully saturated rings. The standard InChI is InChI=1S/C30H38Cl2N4S/c1-23-28(32)12-6-13-29(23)33-30(37)36(20-8-18-34(2)26-9-4-3-5-10-26)22-27-11-7-19-35(27)21-24-14-16-25(31)17-15-24/h6-7,11-17,19,26H,3-5,8-10,18,20-22H2,1-2H3,(H,33,37). The average molecular weight is 558 g/mol. The quantitative estimate of drug-likeness (QED) is 0.255. The Kier molecular flexibility index (Phi) is 10.3. The van der Waals surface area contributed by atoms with Crippen molar-refractivity contribution >= 4 is 46.2 Å². The molecule has 1 aliphatic carbocycles. The van der Waals surface area contributed by atoms with Gasteiger partial charge in [0.25, 0.3) is 0 Å². The third-order valence-electron chi connectivity index (χ3n) is 7.48. The topological polar surface area (TPSA) is 23.4 Å². The second-order valence-electron chi connectivity index (χ2n) is 10.1. The zero-order valence-electron chi connectivity index (χ0n) is 21.9. The molecule has 2 aromatic carbocycles. The van der Waals surface area contributed by atoms with E-state index in [-0.39, 0.29) is 0 Å². The van der Waals surface area contributed by atoms with E-state index in [0.29, 0.717) is 0 Å². The Hall–Kier alpha value is -2.05. The molecule has 0 amide bonds. The van der Waals surface area contributed by atoms with Gasteiger partial charge in [0.05, 0.1) is 6.54 Å². The summed E-state index contributed by atoms with van der Waals surface area (Å²) in [7, 11) is 2.28. The number of nitrogens with zero attached hydrogens (tertiary/aromatic N) is 3. The molecule has 0 aliphatic heterocycles. The van der Waals surface area contributed by atoms with Crippen molar-refractivity contribution in [2.75, 3.05) is 25.5 Å². The Morgan fingerprint density at radius 1 is 1.00 bits per heavy atom. The molecule has 4 nitrogen and oxygen atoms in total. The lowest BCUT2D eigenvalue weighted by molar-refractivity contribution is 0.185. The first kappa shape index (κ1) is 28.0. The fourth-order valence-electron chi connectivity index (χ4n) is 5.13. The van der Waals surface area contributed by atoms with Gasteiger partial charge >= 0.3 is 0 Å². The molecule has 0 atom stereocenters. The largest absolute Gasteiger partial charge is 0.345 e. The van der Waals surface area contributed by atoms with Crippen LogP contribution in [0.5, 0.6) is 0 Å². The van der Waals surface area contributed by atoms with E-state index in [9.17, 15) is 0 Å². The summed E-state index contributed by atoms with van der Waals surface area (Å²) in [4.78, 5) is 4.84. The van der Waals surface area contributed by atoms with Crippen LogP contribution in [0, 0.1) is 6.92 Å². The van der Waals surface area contributed by atoms with Crippen LogP contribution in [0.1, 0.15) is 55.3 Å². The molecule has 1 aromatic heterocycles. The van der Waals surface area contributed by atoms with Crippen LogP contribution in [-0.2, 0) is 13.1 Å². The molecule has 4 rings (SSSR count). The number of benzene rings is 2. The van der Waals surface area contributed by atoms with Crippen LogP contribution in [0.3, 0.4) is 0 Å². The van der Waals surface area contributed by atoms with E-state index in [1.165, 1.54) is 43.4 Å². The van der Waals surface area contributed by atoms with Gasteiger partial charge in [-0.25, -0.2) is 0 Å². The van der Waals surface area contributed by atoms with E-state index in [1.54, 1.807) is 0 Å². The first-order valence-electron chi connectivity index (χ1n) is 13.3. The Morgan fingerprint density at radius 3 is 2.51 bits per heavy atom. The van der Waals surface area contributed by atoms with Crippen LogP contribution in [0.25, 0.3) is 0 Å². The molecule has 7 heteroatoms. The molecule has 1 aliphatic rings. The Balaban J connectivity index is 1.45. The van der Waals surface area contributed by atoms with Gasteiger partial charge in [-0.1, -0.05) is 60.7 Å². The maximum atomic E-state index is 6.38. The minimum absolute atomic E-state index is 0.720. The zero-order chi connectivity index (χ0) is 26.2. The number of hydrogen-bond donors (Lipinski definition) is 1. The van der Waals surface area contributed by atoms with Crippen LogP contribution in [0.15, 0.2) is 60.8 Å². The normalized spacial score (nSPS) is 14.2. The lowest BCUT2D eigenvalue weighted by Gasteiger charge is -2.32. The molecule has 3 aromatic rings. The molecule has 0 spiro atoms. The zero-order valence-corrected chi connectivity index (χ0v) is 24.3. The molecule has 1 N–H and O–H groups in total. The molecule has 0 unspecified atom stereocenters. The van der Waals surface area contributed by atoms with Gasteiger partial charge in [0.2, 0.25) is 0 Å². The third kappa shape index (κ3) is 7.97. The van der Waals surface area contributed by atoms with Gasteiger partial charge in [0, 0.05) is 46.8 Å². The van der Waals surface area contributed by atoms with Gasteiger partial charge in [0.15, 0.2) is 5.11 Å². The Labute approximate surface area is 237 Å². The van der Waals surface area contributed by atoms with Crippen molar-refractivity contribution in [1.82, 2.24) is 14.4 Å². The van der Waals surface area contributed by atoms with Gasteiger partial charge in [0.1, 0.15) is 0 Å². The number of anilines is 1. The van der Waals surface area contributed by atoms with Gasteiger partial charge < -0.3 is 19.7 Å². The number of halogens is 2. The summed E-state index contributed by atoms with van der Waals surface area (Å²) in [6.07, 6.45) is 9.95. The highest BCUT2D eigenvalue weighted by molar-refractivity contribution is 7.80. The fourth-order valence-corrected chi connectivity index (χ4v) is 5.70. The minimum Gasteiger partial charge on any atom is -0.345 e. The van der Waals surface area contributed by atoms with Crippen molar-refractivity contribution in [3.8, 4) is 0 Å². The third-order valence-corrected chi connectivity index (χ3v) is 8.50. The van der Waals surface area contributed by atoms with Crippen molar-refractivity contribution in [3.05, 3.63) is 87.7 Å². The first-order valence-corrected chi connectivity index (χ1v) is 14.5. The van der Waals surface area contributed by atoms with E-state index in [1.807, 2.05) is 37.3 Å². The molecular formula is C30H38Cl2N4S. The molecule has 37 heavy (non-hydrogen) atoms. The van der Waals surface area contributed by atoms with Crippen LogP contribution < -0.4 is 5.32 Å². The molecule has 0 saturated heterocycles. The number of thiocarbonyl (C=S) groups is 1. The molecular weight excluding hydrogens is 519 g/mol. The van der Waals surface area contributed by atoms with E-state index in [0.717, 1.165) is 65.1 Å². The number of hydrogen-bond acceptors (Lipinski definition) is 2. The van der Waals surface area contributed by atoms with Gasteiger partial charge in [-0.15, -0.1) is 0 Å². The summed E-state index contributed by atoms with van der Waals surface area (Å²) in [6.45, 7) is 5.51. The molecule has 198 valence electrons. The number of nitrogens with one attached hydrogen (secondary N) is 1. The monoisotopic (exact) mass is 556 g/mol. The van der Waals surface area contributed by atoms with E-state index in [4.69, 9.17) is 35.4 Å². The van der Waals surface area contributed by atoms with Crippen LogP contribution in [0.2, 0.25) is 10.0 Å². The molecule has 1 saturated carbocycles. The van der Waals surface area contributed by atoms with Crippen LogP contribution >= 0.6 is 35.4 Å². The first-order chi connectivity index (χ1) is 17.9. The van der Waals surface area contributed by atoms with Gasteiger partial charge in [-0.3, -0.25) is 0 Å². The molecule has 0 radical (unpaired) electrons. The Bertz CT molecular complexity index is 1150. The Morgan fingerprint density at radius 2 is 1.76 bits per heavy atom. The smallest absolute Gasteiger partial charge is 0.173 e. The second-order valence-corrected chi connectivity index (χ2v) is 11.4. The van der Waals surface area contributed by atoms with Crippen LogP contribution in [0.4, 0.5) is 5.69 Å². The highest BCUT2D eigenvalue weighted by Gasteiger charge is 2.19. The van der Waals surface area contributed by atoms with Crippen molar-refractivity contribution < 1.29 is 0 Å². The maximum Gasteiger partial charge on any atom is 0.173 e. The summed E-state index contributed by atoms with van der Waals surface area (Å²) in [6, 6.07) is 19.0. The number of rotatable bonds is 10. The van der Waals surface area contributed by atoms with E-state index >= 15 is 0 Å². The average Bonchev–Trinajstić information content (AvgIpc) is 3.34. The summed E-state index contributed by atoms with van der Waals surface area (Å²) < 4.78 is 2.29. The lowest BCUT2D eigenvalue weighted by Crippen LogP contribution is -2.39. The highest BCUT2D eigenvalue weighted by atomic mass is 35.5. The minimum atomic E-state index is 0.720. The molecule has 0 bridgehead atoms. The predicted molar refractivity (Wildman–Crippen MR) is 162 cm³/mol. The van der Waals surface area contributed by atoms with Gasteiger partial charge in [-0.2, -0.15) is 0 Å². The second kappa shape index (κ2) is 13.7. The fraction of sp³-hybridized carbons (Fsp3) is 0.433. The van der Waals surface area contributed by atoms with Crippen LogP contribution in [-0.4, -0.2) is 45.7 Å². The molecule has 1 heterocycles. The van der Waals surface area contributed by atoms with Gasteiger partial charge in [-0.05, 0) is 99.5 Å². The predicted octanol–water partition coefficient (Wildman–Crippen LogP) is 8.01. The van der Waals surface area contributed by atoms with Crippen molar-refractivity contribution in [1.29, 1.82) is 0 Å². The maximum absolute atomic E-state index is 6.38. The van der Waals surface area contributed by atoms with Crippen molar-refractivity contribution in [2.45, 2.75) is 64.6 Å². The SMILES string of the molecule is Cc1c(Cl)cccc1NC(=S)N(CCCN(C)C1CCCCC1)Cc1cccn1Cc1ccc(Cl)cc1. The van der Waals surface area contributed by atoms with E-state index in [2.05, 4.69) is 57.2 Å². The highest BCUT2D eigenvalue weighted by Crippen LogP contribution is 2.24. The summed E-state index contributed by atoms with van der Waals surface area (Å²) in [5.74, 6) is 0. The lowest BCUT2D eigenvalue weighted by atomic mass is 9.94. The summed E-state index contributed by atoms with van der Waals surface area (Å²) >= 11 is 18.4.